The molecule has 36 heavy (non-hydrogen) atoms. The summed E-state index contributed by atoms with van der Waals surface area (Å²) in [5, 5.41) is -0.323. The lowest BCUT2D eigenvalue weighted by Gasteiger charge is -2.37. The average molecular weight is 525 g/mol. The molecular formula is C27H32F4N2O2S. The molecule has 1 heterocycles. The zero-order valence-electron chi connectivity index (χ0n) is 20.1. The molecule has 1 N–H and O–H groups in total. The van der Waals surface area contributed by atoms with Gasteiger partial charge >= 0.3 is 6.18 Å². The van der Waals surface area contributed by atoms with Crippen LogP contribution >= 0.6 is 0 Å². The number of sulfonamides is 1. The van der Waals surface area contributed by atoms with E-state index in [0.717, 1.165) is 49.7 Å². The van der Waals surface area contributed by atoms with E-state index in [9.17, 15) is 26.0 Å². The second-order valence-corrected chi connectivity index (χ2v) is 12.5. The number of fused-ring (bicyclic) bond motifs is 1. The number of nitrogens with one attached hydrogen (secondary N) is 1. The standard InChI is InChI=1S/C27H32F4N2O2S/c28-20-8-9-22-24(15-18-4-1-5-19(14-18)27(29,30)31)26(17-33-12-3-13-33)23(25(22)16-20)10-11-32-36(34,35)21-6-2-7-21/h1,4-5,8-9,14,16,21,23-24,26,32H,2-3,6-7,10-13,15,17H2. The summed E-state index contributed by atoms with van der Waals surface area (Å²) < 4.78 is 82.3. The van der Waals surface area contributed by atoms with Crippen LogP contribution in [0.25, 0.3) is 0 Å². The SMILES string of the molecule is O=S(=O)(NCCC1c2cc(F)ccc2C(Cc2cccc(C(F)(F)F)c2)C1CN1CCC1)C1CCC1. The van der Waals surface area contributed by atoms with Crippen molar-refractivity contribution >= 4 is 10.0 Å². The molecule has 3 unspecified atom stereocenters. The molecule has 2 fully saturated rings. The smallest absolute Gasteiger partial charge is 0.303 e. The fraction of sp³-hybridized carbons (Fsp3) is 0.556. The minimum atomic E-state index is -4.41. The predicted molar refractivity (Wildman–Crippen MR) is 131 cm³/mol. The summed E-state index contributed by atoms with van der Waals surface area (Å²) in [7, 11) is -3.36. The lowest BCUT2D eigenvalue weighted by Crippen LogP contribution is -2.43. The second-order valence-electron chi connectivity index (χ2n) is 10.5. The number of benzene rings is 2. The molecular weight excluding hydrogens is 492 g/mol. The maximum absolute atomic E-state index is 14.4. The highest BCUT2D eigenvalue weighted by molar-refractivity contribution is 7.90. The van der Waals surface area contributed by atoms with Crippen LogP contribution in [0.4, 0.5) is 17.6 Å². The molecule has 1 saturated carbocycles. The number of nitrogens with zero attached hydrogens (tertiary/aromatic N) is 1. The lowest BCUT2D eigenvalue weighted by atomic mass is 9.81. The van der Waals surface area contributed by atoms with Gasteiger partial charge in [0.25, 0.3) is 0 Å². The van der Waals surface area contributed by atoms with E-state index in [1.165, 1.54) is 24.3 Å². The number of halogens is 4. The fourth-order valence-electron chi connectivity index (χ4n) is 5.98. The van der Waals surface area contributed by atoms with Gasteiger partial charge in [-0.25, -0.2) is 17.5 Å². The van der Waals surface area contributed by atoms with Crippen molar-refractivity contribution < 1.29 is 26.0 Å². The van der Waals surface area contributed by atoms with Crippen molar-refractivity contribution in [2.75, 3.05) is 26.2 Å². The first-order chi connectivity index (χ1) is 17.1. The first-order valence-electron chi connectivity index (χ1n) is 12.8. The Morgan fingerprint density at radius 3 is 2.39 bits per heavy atom. The Labute approximate surface area is 210 Å². The van der Waals surface area contributed by atoms with E-state index in [-0.39, 0.29) is 35.4 Å². The largest absolute Gasteiger partial charge is 0.416 e. The lowest BCUT2D eigenvalue weighted by molar-refractivity contribution is -0.137. The molecule has 2 aliphatic carbocycles. The first kappa shape index (κ1) is 25.7. The molecule has 1 aliphatic heterocycles. The molecule has 0 bridgehead atoms. The van der Waals surface area contributed by atoms with E-state index in [1.807, 2.05) is 0 Å². The van der Waals surface area contributed by atoms with Gasteiger partial charge in [0, 0.05) is 13.1 Å². The first-order valence-corrected chi connectivity index (χ1v) is 14.3. The quantitative estimate of drug-likeness (QED) is 0.444. The Bertz CT molecular complexity index is 1190. The van der Waals surface area contributed by atoms with Gasteiger partial charge < -0.3 is 4.90 Å². The van der Waals surface area contributed by atoms with E-state index in [4.69, 9.17) is 0 Å². The van der Waals surface area contributed by atoms with Crippen molar-refractivity contribution in [3.05, 3.63) is 70.5 Å². The Hall–Kier alpha value is -1.97. The Morgan fingerprint density at radius 2 is 1.75 bits per heavy atom. The number of alkyl halides is 3. The van der Waals surface area contributed by atoms with Crippen LogP contribution in [-0.2, 0) is 22.6 Å². The minimum Gasteiger partial charge on any atom is -0.303 e. The number of likely N-dealkylation sites (tertiary alicyclic amines) is 1. The van der Waals surface area contributed by atoms with Crippen LogP contribution < -0.4 is 4.72 Å². The molecule has 3 aliphatic rings. The highest BCUT2D eigenvalue weighted by Gasteiger charge is 2.42. The molecule has 0 spiro atoms. The Kier molecular flexibility index (Phi) is 7.18. The van der Waals surface area contributed by atoms with Gasteiger partial charge in [-0.05, 0) is 97.8 Å². The van der Waals surface area contributed by atoms with Crippen LogP contribution in [0.3, 0.4) is 0 Å². The van der Waals surface area contributed by atoms with E-state index < -0.39 is 21.8 Å². The molecule has 2 aromatic carbocycles. The van der Waals surface area contributed by atoms with E-state index >= 15 is 0 Å². The van der Waals surface area contributed by atoms with Crippen LogP contribution in [0.1, 0.15) is 66.2 Å². The second kappa shape index (κ2) is 10.1. The van der Waals surface area contributed by atoms with Gasteiger partial charge in [-0.2, -0.15) is 13.2 Å². The molecule has 0 aromatic heterocycles. The zero-order chi connectivity index (χ0) is 25.5. The van der Waals surface area contributed by atoms with Crippen molar-refractivity contribution in [2.24, 2.45) is 5.92 Å². The van der Waals surface area contributed by atoms with Gasteiger partial charge in [-0.1, -0.05) is 30.7 Å². The molecule has 0 radical (unpaired) electrons. The molecule has 4 nitrogen and oxygen atoms in total. The number of hydrogen-bond donors (Lipinski definition) is 1. The van der Waals surface area contributed by atoms with E-state index in [1.54, 1.807) is 12.1 Å². The summed E-state index contributed by atoms with van der Waals surface area (Å²) in [6, 6.07) is 10.2. The molecule has 9 heteroatoms. The highest BCUT2D eigenvalue weighted by atomic mass is 32.2. The predicted octanol–water partition coefficient (Wildman–Crippen LogP) is 5.45. The maximum atomic E-state index is 14.4. The minimum absolute atomic E-state index is 0.0600. The molecule has 3 atom stereocenters. The summed E-state index contributed by atoms with van der Waals surface area (Å²) in [4.78, 5) is 2.33. The van der Waals surface area contributed by atoms with E-state index in [2.05, 4.69) is 9.62 Å². The topological polar surface area (TPSA) is 49.4 Å². The van der Waals surface area contributed by atoms with Crippen LogP contribution in [0.5, 0.6) is 0 Å². The van der Waals surface area contributed by atoms with Crippen molar-refractivity contribution in [3.63, 3.8) is 0 Å². The zero-order valence-corrected chi connectivity index (χ0v) is 20.9. The monoisotopic (exact) mass is 524 g/mol. The van der Waals surface area contributed by atoms with Crippen molar-refractivity contribution in [2.45, 2.75) is 61.8 Å². The summed E-state index contributed by atoms with van der Waals surface area (Å²) in [5.41, 5.74) is 1.76. The average Bonchev–Trinajstić information content (AvgIpc) is 3.00. The van der Waals surface area contributed by atoms with Gasteiger partial charge in [0.05, 0.1) is 10.8 Å². The molecule has 1 saturated heterocycles. The fourth-order valence-corrected chi connectivity index (χ4v) is 7.57. The summed E-state index contributed by atoms with van der Waals surface area (Å²) in [5.74, 6) is -0.435. The summed E-state index contributed by atoms with van der Waals surface area (Å²) in [6.45, 7) is 2.98. The molecule has 2 aromatic rings. The Balaban J connectivity index is 1.41. The number of hydrogen-bond acceptors (Lipinski definition) is 3. The van der Waals surface area contributed by atoms with E-state index in [0.29, 0.717) is 31.2 Å². The summed E-state index contributed by atoms with van der Waals surface area (Å²) >= 11 is 0. The van der Waals surface area contributed by atoms with Gasteiger partial charge in [0.1, 0.15) is 5.82 Å². The molecule has 0 amide bonds. The molecule has 5 rings (SSSR count). The van der Waals surface area contributed by atoms with Crippen LogP contribution in [0, 0.1) is 11.7 Å². The van der Waals surface area contributed by atoms with Gasteiger partial charge in [-0.3, -0.25) is 0 Å². The van der Waals surface area contributed by atoms with Gasteiger partial charge in [0.2, 0.25) is 10.0 Å². The van der Waals surface area contributed by atoms with Crippen LogP contribution in [0.15, 0.2) is 42.5 Å². The Morgan fingerprint density at radius 1 is 0.972 bits per heavy atom. The van der Waals surface area contributed by atoms with Crippen molar-refractivity contribution in [3.8, 4) is 0 Å². The van der Waals surface area contributed by atoms with Crippen molar-refractivity contribution in [1.29, 1.82) is 0 Å². The normalized spacial score (nSPS) is 24.8. The van der Waals surface area contributed by atoms with Crippen LogP contribution in [0.2, 0.25) is 0 Å². The molecule has 196 valence electrons. The highest BCUT2D eigenvalue weighted by Crippen LogP contribution is 2.50. The van der Waals surface area contributed by atoms with Gasteiger partial charge in [0.15, 0.2) is 0 Å². The third-order valence-corrected chi connectivity index (χ3v) is 10.2. The third-order valence-electron chi connectivity index (χ3n) is 8.26. The maximum Gasteiger partial charge on any atom is 0.416 e. The van der Waals surface area contributed by atoms with Crippen LogP contribution in [-0.4, -0.2) is 44.7 Å². The third kappa shape index (κ3) is 5.34. The number of rotatable bonds is 9. The van der Waals surface area contributed by atoms with Crippen molar-refractivity contribution in [1.82, 2.24) is 9.62 Å². The van der Waals surface area contributed by atoms with Gasteiger partial charge in [-0.15, -0.1) is 0 Å². The summed E-state index contributed by atoms with van der Waals surface area (Å²) in [6.07, 6.45) is -0.0589.